The molecule has 0 aliphatic heterocycles. The number of carbonyl (C=O) groups is 1. The SMILES string of the molecule is CCS(=O)(O)=NC(=O)OC. The number of nitrogens with zero attached hydrogens (tertiary/aromatic N) is 1. The molecule has 0 aromatic carbocycles. The maximum absolute atomic E-state index is 10.6. The second-order valence-corrected chi connectivity index (χ2v) is 3.43. The number of rotatable bonds is 1. The van der Waals surface area contributed by atoms with E-state index < -0.39 is 16.1 Å². The van der Waals surface area contributed by atoms with Gasteiger partial charge >= 0.3 is 6.09 Å². The van der Waals surface area contributed by atoms with Gasteiger partial charge in [-0.2, -0.15) is 0 Å². The molecular formula is C4H9NO4S. The van der Waals surface area contributed by atoms with E-state index in [9.17, 15) is 9.00 Å². The first-order valence-electron chi connectivity index (χ1n) is 2.57. The molecule has 0 saturated heterocycles. The zero-order valence-corrected chi connectivity index (χ0v) is 6.55. The summed E-state index contributed by atoms with van der Waals surface area (Å²) in [6.07, 6.45) is -1.02. The van der Waals surface area contributed by atoms with Gasteiger partial charge in [0.25, 0.3) is 0 Å². The van der Waals surface area contributed by atoms with Crippen LogP contribution in [0.25, 0.3) is 0 Å². The van der Waals surface area contributed by atoms with E-state index in [-0.39, 0.29) is 5.75 Å². The van der Waals surface area contributed by atoms with Crippen LogP contribution < -0.4 is 0 Å². The van der Waals surface area contributed by atoms with E-state index in [1.54, 1.807) is 0 Å². The largest absolute Gasteiger partial charge is 0.451 e. The molecule has 0 rings (SSSR count). The summed E-state index contributed by atoms with van der Waals surface area (Å²) < 4.78 is 26.2. The molecule has 0 aromatic rings. The fourth-order valence-corrected chi connectivity index (χ4v) is 0.655. The molecule has 60 valence electrons. The van der Waals surface area contributed by atoms with Crippen LogP contribution in [0.3, 0.4) is 0 Å². The van der Waals surface area contributed by atoms with Crippen molar-refractivity contribution in [2.75, 3.05) is 12.9 Å². The molecule has 1 unspecified atom stereocenters. The Morgan fingerprint density at radius 1 is 1.80 bits per heavy atom. The third-order valence-electron chi connectivity index (χ3n) is 0.768. The zero-order valence-electron chi connectivity index (χ0n) is 5.73. The molecule has 10 heavy (non-hydrogen) atoms. The highest BCUT2D eigenvalue weighted by Crippen LogP contribution is 1.91. The van der Waals surface area contributed by atoms with Crippen LogP contribution >= 0.6 is 0 Å². The smallest absolute Gasteiger partial charge is 0.443 e. The molecule has 0 bridgehead atoms. The van der Waals surface area contributed by atoms with Gasteiger partial charge in [0.1, 0.15) is 0 Å². The third kappa shape index (κ3) is 3.41. The van der Waals surface area contributed by atoms with Crippen molar-refractivity contribution in [3.63, 3.8) is 0 Å². The molecule has 0 aliphatic carbocycles. The lowest BCUT2D eigenvalue weighted by atomic mass is 11.0. The van der Waals surface area contributed by atoms with Crippen molar-refractivity contribution in [3.8, 4) is 0 Å². The van der Waals surface area contributed by atoms with Gasteiger partial charge in [-0.3, -0.25) is 4.55 Å². The maximum Gasteiger partial charge on any atom is 0.443 e. The van der Waals surface area contributed by atoms with Crippen molar-refractivity contribution in [3.05, 3.63) is 0 Å². The van der Waals surface area contributed by atoms with Gasteiger partial charge in [0.2, 0.25) is 0 Å². The van der Waals surface area contributed by atoms with Gasteiger partial charge in [-0.1, -0.05) is 11.3 Å². The van der Waals surface area contributed by atoms with Crippen LogP contribution in [0.15, 0.2) is 4.36 Å². The normalized spacial score (nSPS) is 15.5. The van der Waals surface area contributed by atoms with Crippen molar-refractivity contribution in [2.45, 2.75) is 6.92 Å². The molecule has 5 nitrogen and oxygen atoms in total. The van der Waals surface area contributed by atoms with Gasteiger partial charge < -0.3 is 4.74 Å². The Hall–Kier alpha value is -0.620. The van der Waals surface area contributed by atoms with Gasteiger partial charge in [-0.25, -0.2) is 9.00 Å². The van der Waals surface area contributed by atoms with E-state index in [2.05, 4.69) is 9.10 Å². The van der Waals surface area contributed by atoms with Crippen LogP contribution in [0.1, 0.15) is 6.92 Å². The van der Waals surface area contributed by atoms with E-state index in [0.717, 1.165) is 7.11 Å². The highest BCUT2D eigenvalue weighted by atomic mass is 32.2. The Kier molecular flexibility index (Phi) is 3.31. The molecule has 0 radical (unpaired) electrons. The maximum atomic E-state index is 10.6. The van der Waals surface area contributed by atoms with Gasteiger partial charge in [0, 0.05) is 0 Å². The van der Waals surface area contributed by atoms with Gasteiger partial charge in [0.15, 0.2) is 10.0 Å². The lowest BCUT2D eigenvalue weighted by Crippen LogP contribution is -2.04. The Bertz CT molecular complexity index is 227. The first-order chi connectivity index (χ1) is 4.52. The fourth-order valence-electron chi connectivity index (χ4n) is 0.218. The summed E-state index contributed by atoms with van der Waals surface area (Å²) in [5, 5.41) is 0. The van der Waals surface area contributed by atoms with Crippen LogP contribution in [-0.4, -0.2) is 27.7 Å². The third-order valence-corrected chi connectivity index (χ3v) is 1.95. The van der Waals surface area contributed by atoms with E-state index in [0.29, 0.717) is 0 Å². The van der Waals surface area contributed by atoms with Crippen LogP contribution in [0, 0.1) is 0 Å². The van der Waals surface area contributed by atoms with E-state index in [4.69, 9.17) is 4.55 Å². The second-order valence-electron chi connectivity index (χ2n) is 1.46. The number of hydrogen-bond acceptors (Lipinski definition) is 3. The fraction of sp³-hybridized carbons (Fsp3) is 0.750. The molecule has 0 aromatic heterocycles. The number of carbonyl (C=O) groups excluding carboxylic acids is 1. The van der Waals surface area contributed by atoms with E-state index >= 15 is 0 Å². The summed E-state index contributed by atoms with van der Waals surface area (Å²) in [7, 11) is -2.24. The molecule has 6 heteroatoms. The minimum Gasteiger partial charge on any atom is -0.451 e. The Morgan fingerprint density at radius 2 is 2.30 bits per heavy atom. The summed E-state index contributed by atoms with van der Waals surface area (Å²) in [6.45, 7) is 1.45. The zero-order chi connectivity index (χ0) is 8.20. The highest BCUT2D eigenvalue weighted by molar-refractivity contribution is 7.88. The topological polar surface area (TPSA) is 76.0 Å². The van der Waals surface area contributed by atoms with Crippen molar-refractivity contribution >= 4 is 16.1 Å². The number of hydrogen-bond donors (Lipinski definition) is 1. The quantitative estimate of drug-likeness (QED) is 0.624. The monoisotopic (exact) mass is 167 g/mol. The number of amides is 1. The first kappa shape index (κ1) is 9.38. The van der Waals surface area contributed by atoms with Gasteiger partial charge in [-0.15, -0.1) is 0 Å². The minimum atomic E-state index is -3.33. The van der Waals surface area contributed by atoms with Crippen LogP contribution in [-0.2, 0) is 14.7 Å². The highest BCUT2D eigenvalue weighted by Gasteiger charge is 2.03. The summed E-state index contributed by atoms with van der Waals surface area (Å²) in [4.78, 5) is 10.3. The molecule has 1 N–H and O–H groups in total. The molecule has 0 saturated carbocycles. The van der Waals surface area contributed by atoms with Crippen molar-refractivity contribution in [1.29, 1.82) is 0 Å². The minimum absolute atomic E-state index is 0.0813. The standard InChI is InChI=1S/C4H9NO4S/c1-3-10(7,8)5-4(6)9-2/h3H2,1-2H3,(H,5,6,7,8). The molecular weight excluding hydrogens is 158 g/mol. The summed E-state index contributed by atoms with van der Waals surface area (Å²) in [6, 6.07) is 0. The molecule has 0 aliphatic rings. The second kappa shape index (κ2) is 3.52. The van der Waals surface area contributed by atoms with Crippen LogP contribution in [0.5, 0.6) is 0 Å². The Balaban J connectivity index is 4.44. The lowest BCUT2D eigenvalue weighted by molar-refractivity contribution is 0.183. The van der Waals surface area contributed by atoms with E-state index in [1.165, 1.54) is 6.92 Å². The van der Waals surface area contributed by atoms with Gasteiger partial charge in [-0.05, 0) is 0 Å². The molecule has 0 heterocycles. The summed E-state index contributed by atoms with van der Waals surface area (Å²) >= 11 is 0. The van der Waals surface area contributed by atoms with Gasteiger partial charge in [0.05, 0.1) is 12.9 Å². The van der Waals surface area contributed by atoms with Crippen molar-refractivity contribution in [1.82, 2.24) is 0 Å². The molecule has 1 amide bonds. The Labute approximate surface area is 59.4 Å². The summed E-state index contributed by atoms with van der Waals surface area (Å²) in [5.74, 6) is -0.0813. The average molecular weight is 167 g/mol. The predicted octanol–water partition coefficient (Wildman–Crippen LogP) is 0.714. The van der Waals surface area contributed by atoms with E-state index in [1.807, 2.05) is 0 Å². The number of ether oxygens (including phenoxy) is 1. The molecule has 1 atom stereocenters. The average Bonchev–Trinajstić information content (AvgIpc) is 1.87. The first-order valence-corrected chi connectivity index (χ1v) is 4.21. The summed E-state index contributed by atoms with van der Waals surface area (Å²) in [5.41, 5.74) is 0. The molecule has 0 spiro atoms. The van der Waals surface area contributed by atoms with Crippen LogP contribution in [0.4, 0.5) is 4.79 Å². The van der Waals surface area contributed by atoms with Crippen molar-refractivity contribution < 1.29 is 18.3 Å². The number of methoxy groups -OCH3 is 1. The lowest BCUT2D eigenvalue weighted by Gasteiger charge is -1.94. The predicted molar refractivity (Wildman–Crippen MR) is 36.1 cm³/mol. The van der Waals surface area contributed by atoms with Crippen LogP contribution in [0.2, 0.25) is 0 Å². The Morgan fingerprint density at radius 3 is 2.60 bits per heavy atom. The van der Waals surface area contributed by atoms with Crippen molar-refractivity contribution in [2.24, 2.45) is 4.36 Å². The molecule has 0 fully saturated rings.